The minimum absolute atomic E-state index is 0.0712. The monoisotopic (exact) mass is 331 g/mol. The van der Waals surface area contributed by atoms with Crippen LogP contribution in [0.3, 0.4) is 0 Å². The second-order valence-electron chi connectivity index (χ2n) is 6.36. The number of aromatic nitrogens is 2. The summed E-state index contributed by atoms with van der Waals surface area (Å²) in [6.45, 7) is 4.76. The molecule has 1 fully saturated rings. The second kappa shape index (κ2) is 6.85. The molecule has 23 heavy (non-hydrogen) atoms. The van der Waals surface area contributed by atoms with Crippen LogP contribution < -0.4 is 0 Å². The predicted molar refractivity (Wildman–Crippen MR) is 91.7 cm³/mol. The Hall–Kier alpha value is -1.65. The Labute approximate surface area is 142 Å². The Bertz CT molecular complexity index is 693. The van der Waals surface area contributed by atoms with E-state index in [1.54, 1.807) is 12.1 Å². The van der Waals surface area contributed by atoms with Crippen LogP contribution in [0.15, 0.2) is 30.5 Å². The maximum absolute atomic E-state index is 12.7. The van der Waals surface area contributed by atoms with Crippen molar-refractivity contribution in [1.29, 1.82) is 0 Å². The molecule has 2 heterocycles. The highest BCUT2D eigenvalue weighted by Crippen LogP contribution is 2.23. The van der Waals surface area contributed by atoms with Gasteiger partial charge in [-0.1, -0.05) is 11.6 Å². The van der Waals surface area contributed by atoms with Gasteiger partial charge in [0.05, 0.1) is 5.69 Å². The van der Waals surface area contributed by atoms with Gasteiger partial charge in [0.2, 0.25) is 0 Å². The van der Waals surface area contributed by atoms with Crippen molar-refractivity contribution in [3.05, 3.63) is 52.3 Å². The summed E-state index contributed by atoms with van der Waals surface area (Å²) in [7, 11) is 1.94. The molecule has 1 saturated heterocycles. The number of carbonyl (C=O) groups is 1. The number of nitrogens with zero attached hydrogens (tertiary/aromatic N) is 3. The van der Waals surface area contributed by atoms with Crippen molar-refractivity contribution < 1.29 is 4.79 Å². The molecule has 0 aliphatic carbocycles. The van der Waals surface area contributed by atoms with Gasteiger partial charge in [-0.2, -0.15) is 5.10 Å². The van der Waals surface area contributed by atoms with Gasteiger partial charge in [-0.15, -0.1) is 0 Å². The number of hydrogen-bond acceptors (Lipinski definition) is 3. The van der Waals surface area contributed by atoms with Gasteiger partial charge in [-0.3, -0.25) is 14.4 Å². The van der Waals surface area contributed by atoms with E-state index in [4.69, 9.17) is 11.6 Å². The molecule has 0 saturated carbocycles. The van der Waals surface area contributed by atoms with Crippen LogP contribution in [-0.4, -0.2) is 33.6 Å². The highest BCUT2D eigenvalue weighted by molar-refractivity contribution is 6.30. The second-order valence-corrected chi connectivity index (χ2v) is 6.80. The van der Waals surface area contributed by atoms with Crippen LogP contribution in [0.4, 0.5) is 0 Å². The molecular formula is C18H22ClN3O. The Morgan fingerprint density at radius 3 is 2.74 bits per heavy atom. The fourth-order valence-corrected chi connectivity index (χ4v) is 3.43. The summed E-state index contributed by atoms with van der Waals surface area (Å²) in [5, 5.41) is 5.06. The molecule has 1 unspecified atom stereocenters. The molecule has 1 aliphatic heterocycles. The minimum Gasteiger partial charge on any atom is -0.298 e. The van der Waals surface area contributed by atoms with E-state index in [0.717, 1.165) is 43.7 Å². The summed E-state index contributed by atoms with van der Waals surface area (Å²) in [4.78, 5) is 15.1. The normalized spacial score (nSPS) is 19.0. The van der Waals surface area contributed by atoms with Gasteiger partial charge in [-0.05, 0) is 50.6 Å². The van der Waals surface area contributed by atoms with Crippen molar-refractivity contribution in [2.24, 2.45) is 13.0 Å². The number of benzene rings is 1. The number of carbonyl (C=O) groups excluding carboxylic acids is 1. The zero-order valence-electron chi connectivity index (χ0n) is 13.6. The van der Waals surface area contributed by atoms with E-state index in [1.807, 2.05) is 30.8 Å². The summed E-state index contributed by atoms with van der Waals surface area (Å²) in [5.74, 6) is 0.302. The minimum atomic E-state index is 0.0712. The van der Waals surface area contributed by atoms with E-state index >= 15 is 0 Å². The van der Waals surface area contributed by atoms with Gasteiger partial charge < -0.3 is 0 Å². The number of hydrogen-bond donors (Lipinski definition) is 0. The van der Waals surface area contributed by atoms with Crippen molar-refractivity contribution in [1.82, 2.24) is 14.7 Å². The largest absolute Gasteiger partial charge is 0.298 e. The van der Waals surface area contributed by atoms with Gasteiger partial charge in [0.25, 0.3) is 0 Å². The van der Waals surface area contributed by atoms with Crippen LogP contribution in [0.1, 0.15) is 34.5 Å². The van der Waals surface area contributed by atoms with Crippen molar-refractivity contribution in [2.45, 2.75) is 26.3 Å². The molecule has 1 atom stereocenters. The molecule has 1 aromatic carbocycles. The number of piperidine rings is 1. The molecule has 2 aromatic rings. The van der Waals surface area contributed by atoms with Crippen LogP contribution in [0.25, 0.3) is 0 Å². The molecule has 5 heteroatoms. The van der Waals surface area contributed by atoms with E-state index in [9.17, 15) is 4.79 Å². The molecule has 3 rings (SSSR count). The molecule has 1 aromatic heterocycles. The highest BCUT2D eigenvalue weighted by atomic mass is 35.5. The van der Waals surface area contributed by atoms with E-state index in [1.165, 1.54) is 5.56 Å². The summed E-state index contributed by atoms with van der Waals surface area (Å²) < 4.78 is 1.85. The SMILES string of the molecule is Cc1nn(C)cc1CN1CCCC(C(=O)c2ccc(Cl)cc2)C1. The van der Waals surface area contributed by atoms with Crippen LogP contribution in [0.5, 0.6) is 0 Å². The molecule has 0 bridgehead atoms. The first-order valence-electron chi connectivity index (χ1n) is 8.04. The van der Waals surface area contributed by atoms with Crippen molar-refractivity contribution >= 4 is 17.4 Å². The maximum Gasteiger partial charge on any atom is 0.167 e. The topological polar surface area (TPSA) is 38.1 Å². The smallest absolute Gasteiger partial charge is 0.167 e. The lowest BCUT2D eigenvalue weighted by Crippen LogP contribution is -2.38. The lowest BCUT2D eigenvalue weighted by Gasteiger charge is -2.31. The third-order valence-electron chi connectivity index (χ3n) is 4.51. The van der Waals surface area contributed by atoms with E-state index in [-0.39, 0.29) is 11.7 Å². The molecule has 0 spiro atoms. The Kier molecular flexibility index (Phi) is 4.83. The first-order valence-corrected chi connectivity index (χ1v) is 8.42. The van der Waals surface area contributed by atoms with Crippen LogP contribution in [0, 0.1) is 12.8 Å². The average molecular weight is 332 g/mol. The first kappa shape index (κ1) is 16.2. The van der Waals surface area contributed by atoms with E-state index < -0.39 is 0 Å². The van der Waals surface area contributed by atoms with E-state index in [0.29, 0.717) is 5.02 Å². The zero-order chi connectivity index (χ0) is 16.4. The number of ketones is 1. The van der Waals surface area contributed by atoms with Crippen molar-refractivity contribution in [3.63, 3.8) is 0 Å². The molecule has 0 radical (unpaired) electrons. The van der Waals surface area contributed by atoms with Crippen LogP contribution in [0.2, 0.25) is 5.02 Å². The molecule has 0 N–H and O–H groups in total. The molecule has 0 amide bonds. The standard InChI is InChI=1S/C18H22ClN3O/c1-13-16(10-21(2)20-13)12-22-9-3-4-15(11-22)18(23)14-5-7-17(19)8-6-14/h5-8,10,15H,3-4,9,11-12H2,1-2H3. The molecular weight excluding hydrogens is 310 g/mol. The average Bonchev–Trinajstić information content (AvgIpc) is 2.85. The maximum atomic E-state index is 12.7. The van der Waals surface area contributed by atoms with Gasteiger partial charge in [0.1, 0.15) is 0 Å². The van der Waals surface area contributed by atoms with Crippen molar-refractivity contribution in [2.75, 3.05) is 13.1 Å². The lowest BCUT2D eigenvalue weighted by atomic mass is 9.90. The third-order valence-corrected chi connectivity index (χ3v) is 4.77. The van der Waals surface area contributed by atoms with Crippen molar-refractivity contribution in [3.8, 4) is 0 Å². The fraction of sp³-hybridized carbons (Fsp3) is 0.444. The number of likely N-dealkylation sites (tertiary alicyclic amines) is 1. The number of rotatable bonds is 4. The summed E-state index contributed by atoms with van der Waals surface area (Å²) in [6.07, 6.45) is 4.09. The summed E-state index contributed by atoms with van der Waals surface area (Å²) in [5.41, 5.74) is 3.07. The number of halogens is 1. The Morgan fingerprint density at radius 2 is 2.09 bits per heavy atom. The third kappa shape index (κ3) is 3.82. The van der Waals surface area contributed by atoms with Gasteiger partial charge in [0.15, 0.2) is 5.78 Å². The summed E-state index contributed by atoms with van der Waals surface area (Å²) >= 11 is 5.90. The quantitative estimate of drug-likeness (QED) is 0.805. The van der Waals surface area contributed by atoms with Gasteiger partial charge >= 0.3 is 0 Å². The highest BCUT2D eigenvalue weighted by Gasteiger charge is 2.27. The zero-order valence-corrected chi connectivity index (χ0v) is 14.4. The molecule has 122 valence electrons. The van der Waals surface area contributed by atoms with Crippen LogP contribution >= 0.6 is 11.6 Å². The number of aryl methyl sites for hydroxylation is 2. The van der Waals surface area contributed by atoms with E-state index in [2.05, 4.69) is 16.2 Å². The fourth-order valence-electron chi connectivity index (χ4n) is 3.31. The number of Topliss-reactive ketones (excluding diaryl/α,β-unsaturated/α-hetero) is 1. The van der Waals surface area contributed by atoms with Gasteiger partial charge in [0, 0.05) is 48.4 Å². The Balaban J connectivity index is 1.67. The lowest BCUT2D eigenvalue weighted by molar-refractivity contribution is 0.0811. The molecule has 1 aliphatic rings. The first-order chi connectivity index (χ1) is 11.0. The van der Waals surface area contributed by atoms with Gasteiger partial charge in [-0.25, -0.2) is 0 Å². The summed E-state index contributed by atoms with van der Waals surface area (Å²) in [6, 6.07) is 7.23. The molecule has 4 nitrogen and oxygen atoms in total. The Morgan fingerprint density at radius 1 is 1.35 bits per heavy atom. The van der Waals surface area contributed by atoms with Crippen LogP contribution in [-0.2, 0) is 13.6 Å². The predicted octanol–water partition coefficient (Wildman–Crippen LogP) is 3.48.